The zero-order chi connectivity index (χ0) is 12.8. The largest absolute Gasteiger partial charge is 0.370 e. The van der Waals surface area contributed by atoms with E-state index >= 15 is 0 Å². The van der Waals surface area contributed by atoms with E-state index in [0.717, 1.165) is 24.5 Å². The molecule has 0 aliphatic rings. The van der Waals surface area contributed by atoms with E-state index in [1.807, 2.05) is 18.2 Å². The molecule has 0 bridgehead atoms. The molecular formula is C13H15N5. The smallest absolute Gasteiger partial charge is 0.213 e. The van der Waals surface area contributed by atoms with Crippen molar-refractivity contribution in [3.63, 3.8) is 0 Å². The van der Waals surface area contributed by atoms with Crippen LogP contribution in [-0.4, -0.2) is 21.1 Å². The van der Waals surface area contributed by atoms with Crippen molar-refractivity contribution >= 4 is 5.82 Å². The first-order chi connectivity index (χ1) is 8.83. The van der Waals surface area contributed by atoms with Gasteiger partial charge in [0.25, 0.3) is 0 Å². The Morgan fingerprint density at radius 2 is 2.33 bits per heavy atom. The van der Waals surface area contributed by atoms with Crippen LogP contribution >= 0.6 is 0 Å². The van der Waals surface area contributed by atoms with Crippen molar-refractivity contribution in [1.29, 1.82) is 5.26 Å². The molecule has 2 aromatic rings. The molecule has 2 aromatic heterocycles. The van der Waals surface area contributed by atoms with Gasteiger partial charge >= 0.3 is 0 Å². The topological polar surface area (TPSA) is 66.5 Å². The molecule has 5 nitrogen and oxygen atoms in total. The van der Waals surface area contributed by atoms with E-state index in [-0.39, 0.29) is 0 Å². The maximum absolute atomic E-state index is 8.89. The fourth-order valence-corrected chi connectivity index (χ4v) is 1.64. The molecular weight excluding hydrogens is 226 g/mol. The highest BCUT2D eigenvalue weighted by molar-refractivity contribution is 5.35. The minimum atomic E-state index is 0.406. The summed E-state index contributed by atoms with van der Waals surface area (Å²) >= 11 is 0. The predicted octanol–water partition coefficient (Wildman–Crippen LogP) is 2.02. The third-order valence-corrected chi connectivity index (χ3v) is 2.51. The van der Waals surface area contributed by atoms with Gasteiger partial charge in [-0.25, -0.2) is 9.97 Å². The molecule has 0 fully saturated rings. The molecule has 5 heteroatoms. The first-order valence-corrected chi connectivity index (χ1v) is 5.94. The third-order valence-electron chi connectivity index (χ3n) is 2.51. The van der Waals surface area contributed by atoms with E-state index in [2.05, 4.69) is 28.3 Å². The summed E-state index contributed by atoms with van der Waals surface area (Å²) in [5.74, 6) is 1.27. The molecule has 2 rings (SSSR count). The summed E-state index contributed by atoms with van der Waals surface area (Å²) in [6, 6.07) is 7.90. The van der Waals surface area contributed by atoms with Crippen molar-refractivity contribution in [2.24, 2.45) is 0 Å². The van der Waals surface area contributed by atoms with Crippen LogP contribution in [0.5, 0.6) is 0 Å². The molecule has 18 heavy (non-hydrogen) atoms. The summed E-state index contributed by atoms with van der Waals surface area (Å²) in [6.45, 7) is 3.58. The molecule has 2 heterocycles. The zero-order valence-corrected chi connectivity index (χ0v) is 10.3. The van der Waals surface area contributed by atoms with Crippen LogP contribution in [0.1, 0.15) is 24.9 Å². The van der Waals surface area contributed by atoms with Crippen molar-refractivity contribution in [2.45, 2.75) is 19.9 Å². The van der Waals surface area contributed by atoms with Crippen LogP contribution in [0.4, 0.5) is 5.82 Å². The van der Waals surface area contributed by atoms with Gasteiger partial charge in [-0.05, 0) is 18.6 Å². The van der Waals surface area contributed by atoms with Crippen LogP contribution in [0.3, 0.4) is 0 Å². The van der Waals surface area contributed by atoms with Crippen LogP contribution in [0.2, 0.25) is 0 Å². The summed E-state index contributed by atoms with van der Waals surface area (Å²) in [4.78, 5) is 8.45. The van der Waals surface area contributed by atoms with Crippen LogP contribution in [-0.2, 0) is 6.54 Å². The molecule has 0 aliphatic heterocycles. The van der Waals surface area contributed by atoms with Crippen LogP contribution in [0.15, 0.2) is 30.6 Å². The minimum Gasteiger partial charge on any atom is -0.370 e. The molecule has 0 unspecified atom stereocenters. The number of hydrogen-bond acceptors (Lipinski definition) is 4. The summed E-state index contributed by atoms with van der Waals surface area (Å²) in [7, 11) is 0. The molecule has 0 atom stereocenters. The van der Waals surface area contributed by atoms with Crippen LogP contribution < -0.4 is 5.32 Å². The molecule has 0 saturated heterocycles. The Kier molecular flexibility index (Phi) is 3.92. The Labute approximate surface area is 106 Å². The highest BCUT2D eigenvalue weighted by Gasteiger charge is 2.03. The van der Waals surface area contributed by atoms with Crippen molar-refractivity contribution < 1.29 is 0 Å². The first-order valence-electron chi connectivity index (χ1n) is 5.94. The number of hydrogen-bond donors (Lipinski definition) is 1. The fraction of sp³-hybridized carbons (Fsp3) is 0.308. The van der Waals surface area contributed by atoms with Gasteiger partial charge in [-0.1, -0.05) is 13.0 Å². The van der Waals surface area contributed by atoms with Gasteiger partial charge in [-0.15, -0.1) is 0 Å². The molecule has 0 radical (unpaired) electrons. The Morgan fingerprint density at radius 3 is 3.11 bits per heavy atom. The first kappa shape index (κ1) is 12.1. The molecule has 0 aromatic carbocycles. The molecule has 0 spiro atoms. The van der Waals surface area contributed by atoms with Crippen molar-refractivity contribution in [3.8, 4) is 6.07 Å². The SMILES string of the molecule is CCCNc1cccc(Cn2ccnc2C#N)n1. The molecule has 1 N–H and O–H groups in total. The van der Waals surface area contributed by atoms with E-state index in [4.69, 9.17) is 5.26 Å². The Balaban J connectivity index is 2.12. The minimum absolute atomic E-state index is 0.406. The average Bonchev–Trinajstić information content (AvgIpc) is 2.84. The highest BCUT2D eigenvalue weighted by atomic mass is 15.1. The number of rotatable bonds is 5. The summed E-state index contributed by atoms with van der Waals surface area (Å²) in [5.41, 5.74) is 0.908. The number of nitriles is 1. The zero-order valence-electron chi connectivity index (χ0n) is 10.3. The summed E-state index contributed by atoms with van der Waals surface area (Å²) in [6.07, 6.45) is 4.47. The number of nitrogens with one attached hydrogen (secondary N) is 1. The quantitative estimate of drug-likeness (QED) is 0.869. The number of aromatic nitrogens is 3. The molecule has 0 aliphatic carbocycles. The Bertz CT molecular complexity index is 553. The van der Waals surface area contributed by atoms with Gasteiger partial charge in [0.05, 0.1) is 12.2 Å². The summed E-state index contributed by atoms with van der Waals surface area (Å²) in [5, 5.41) is 12.1. The average molecular weight is 241 g/mol. The van der Waals surface area contributed by atoms with E-state index in [9.17, 15) is 0 Å². The second-order valence-electron chi connectivity index (χ2n) is 3.93. The maximum atomic E-state index is 8.89. The van der Waals surface area contributed by atoms with Crippen LogP contribution in [0.25, 0.3) is 0 Å². The number of imidazole rings is 1. The maximum Gasteiger partial charge on any atom is 0.213 e. The second-order valence-corrected chi connectivity index (χ2v) is 3.93. The van der Waals surface area contributed by atoms with Gasteiger partial charge in [0.1, 0.15) is 11.9 Å². The standard InChI is InChI=1S/C13H15N5/c1-2-6-15-12-5-3-4-11(17-12)10-18-8-7-16-13(18)9-14/h3-5,7-8H,2,6,10H2,1H3,(H,15,17). The van der Waals surface area contributed by atoms with Crippen molar-refractivity contribution in [2.75, 3.05) is 11.9 Å². The lowest BCUT2D eigenvalue weighted by Crippen LogP contribution is -2.06. The van der Waals surface area contributed by atoms with Crippen LogP contribution in [0, 0.1) is 11.3 Å². The van der Waals surface area contributed by atoms with Gasteiger partial charge in [0, 0.05) is 18.9 Å². The number of pyridine rings is 1. The van der Waals surface area contributed by atoms with Gasteiger partial charge in [-0.3, -0.25) is 0 Å². The fourth-order valence-electron chi connectivity index (χ4n) is 1.64. The Morgan fingerprint density at radius 1 is 1.44 bits per heavy atom. The number of nitrogens with zero attached hydrogens (tertiary/aromatic N) is 4. The molecule has 0 amide bonds. The number of anilines is 1. The van der Waals surface area contributed by atoms with Crippen molar-refractivity contribution in [3.05, 3.63) is 42.1 Å². The Hall–Kier alpha value is -2.35. The van der Waals surface area contributed by atoms with E-state index in [1.54, 1.807) is 17.0 Å². The lowest BCUT2D eigenvalue weighted by Gasteiger charge is -2.07. The lowest BCUT2D eigenvalue weighted by molar-refractivity contribution is 0.760. The van der Waals surface area contributed by atoms with E-state index < -0.39 is 0 Å². The van der Waals surface area contributed by atoms with Gasteiger partial charge in [0.2, 0.25) is 5.82 Å². The van der Waals surface area contributed by atoms with E-state index in [0.29, 0.717) is 12.4 Å². The predicted molar refractivity (Wildman–Crippen MR) is 69.1 cm³/mol. The van der Waals surface area contributed by atoms with Crippen molar-refractivity contribution in [1.82, 2.24) is 14.5 Å². The van der Waals surface area contributed by atoms with Gasteiger partial charge in [-0.2, -0.15) is 5.26 Å². The normalized spacial score (nSPS) is 10.0. The molecule has 0 saturated carbocycles. The lowest BCUT2D eigenvalue weighted by atomic mass is 10.3. The monoisotopic (exact) mass is 241 g/mol. The summed E-state index contributed by atoms with van der Waals surface area (Å²) < 4.78 is 1.78. The van der Waals surface area contributed by atoms with E-state index in [1.165, 1.54) is 0 Å². The third kappa shape index (κ3) is 2.86. The van der Waals surface area contributed by atoms with Gasteiger partial charge < -0.3 is 9.88 Å². The molecule has 92 valence electrons. The highest BCUT2D eigenvalue weighted by Crippen LogP contribution is 2.07. The second kappa shape index (κ2) is 5.82. The van der Waals surface area contributed by atoms with Gasteiger partial charge in [0.15, 0.2) is 0 Å².